The lowest BCUT2D eigenvalue weighted by molar-refractivity contribution is -0.384. The third kappa shape index (κ3) is 6.39. The van der Waals surface area contributed by atoms with Crippen LogP contribution in [0.4, 0.5) is 5.69 Å². The van der Waals surface area contributed by atoms with Crippen molar-refractivity contribution < 1.29 is 14.5 Å². The molecule has 1 aromatic carbocycles. The van der Waals surface area contributed by atoms with Gasteiger partial charge < -0.3 is 10.6 Å². The fourth-order valence-electron chi connectivity index (χ4n) is 3.12. The summed E-state index contributed by atoms with van der Waals surface area (Å²) in [6, 6.07) is 3.17. The molecule has 0 aliphatic heterocycles. The highest BCUT2D eigenvalue weighted by Crippen LogP contribution is 2.25. The Morgan fingerprint density at radius 3 is 2.70 bits per heavy atom. The molecule has 7 nitrogen and oxygen atoms in total. The van der Waals surface area contributed by atoms with E-state index in [-0.39, 0.29) is 22.2 Å². The number of thioether (sulfide) groups is 1. The average Bonchev–Trinajstić information content (AvgIpc) is 3.16. The first-order valence-electron chi connectivity index (χ1n) is 8.93. The SMILES string of the molecule is CSCCC(NC(=O)c1ccc(Cl)c([N+](=O)[O-])c1)C(=O)NCC1CCCC1. The molecule has 0 aromatic heterocycles. The standard InChI is InChI=1S/C18H24ClN3O4S/c1-27-9-8-15(18(24)20-11-12-4-2-3-5-12)21-17(23)13-6-7-14(19)16(10-13)22(25)26/h6-7,10,12,15H,2-5,8-9,11H2,1H3,(H,20,24)(H,21,23). The lowest BCUT2D eigenvalue weighted by atomic mass is 10.1. The van der Waals surface area contributed by atoms with E-state index in [1.165, 1.54) is 25.0 Å². The first kappa shape index (κ1) is 21.5. The second kappa shape index (κ2) is 10.5. The van der Waals surface area contributed by atoms with Gasteiger partial charge in [0.15, 0.2) is 0 Å². The Morgan fingerprint density at radius 2 is 2.07 bits per heavy atom. The van der Waals surface area contributed by atoms with Crippen LogP contribution in [0.25, 0.3) is 0 Å². The molecule has 2 N–H and O–H groups in total. The van der Waals surface area contributed by atoms with Crippen LogP contribution in [-0.2, 0) is 4.79 Å². The van der Waals surface area contributed by atoms with Crippen molar-refractivity contribution in [2.45, 2.75) is 38.1 Å². The predicted molar refractivity (Wildman–Crippen MR) is 107 cm³/mol. The van der Waals surface area contributed by atoms with Crippen molar-refractivity contribution in [1.82, 2.24) is 10.6 Å². The minimum atomic E-state index is -0.680. The number of hydrogen-bond acceptors (Lipinski definition) is 5. The van der Waals surface area contributed by atoms with Crippen LogP contribution < -0.4 is 10.6 Å². The topological polar surface area (TPSA) is 101 Å². The summed E-state index contributed by atoms with van der Waals surface area (Å²) in [6.07, 6.45) is 7.05. The van der Waals surface area contributed by atoms with Crippen molar-refractivity contribution in [3.8, 4) is 0 Å². The molecule has 1 aromatic rings. The Labute approximate surface area is 167 Å². The van der Waals surface area contributed by atoms with Gasteiger partial charge in [-0.15, -0.1) is 0 Å². The van der Waals surface area contributed by atoms with Gasteiger partial charge in [0.2, 0.25) is 5.91 Å². The number of hydrogen-bond donors (Lipinski definition) is 2. The van der Waals surface area contributed by atoms with Crippen LogP contribution in [0.3, 0.4) is 0 Å². The number of halogens is 1. The molecule has 2 rings (SSSR count). The fourth-order valence-corrected chi connectivity index (χ4v) is 3.78. The van der Waals surface area contributed by atoms with Gasteiger partial charge in [0, 0.05) is 18.2 Å². The van der Waals surface area contributed by atoms with E-state index in [0.717, 1.165) is 18.9 Å². The number of nitro groups is 1. The van der Waals surface area contributed by atoms with Crippen molar-refractivity contribution >= 4 is 40.9 Å². The normalized spacial score (nSPS) is 15.3. The first-order chi connectivity index (χ1) is 12.9. The average molecular weight is 414 g/mol. The Bertz CT molecular complexity index is 695. The summed E-state index contributed by atoms with van der Waals surface area (Å²) >= 11 is 7.37. The molecular formula is C18H24ClN3O4S. The fraction of sp³-hybridized carbons (Fsp3) is 0.556. The maximum Gasteiger partial charge on any atom is 0.288 e. The number of benzene rings is 1. The Morgan fingerprint density at radius 1 is 1.37 bits per heavy atom. The van der Waals surface area contributed by atoms with Crippen LogP contribution in [0.2, 0.25) is 5.02 Å². The lowest BCUT2D eigenvalue weighted by Crippen LogP contribution is -2.48. The molecule has 2 amide bonds. The molecule has 0 bridgehead atoms. The van der Waals surface area contributed by atoms with E-state index in [2.05, 4.69) is 10.6 Å². The molecule has 1 saturated carbocycles. The molecule has 1 fully saturated rings. The molecule has 1 aliphatic rings. The molecule has 9 heteroatoms. The highest BCUT2D eigenvalue weighted by atomic mass is 35.5. The third-order valence-corrected chi connectivity index (χ3v) is 5.64. The van der Waals surface area contributed by atoms with Gasteiger partial charge in [-0.2, -0.15) is 11.8 Å². The summed E-state index contributed by atoms with van der Waals surface area (Å²) in [6.45, 7) is 0.622. The zero-order valence-electron chi connectivity index (χ0n) is 15.2. The van der Waals surface area contributed by atoms with Gasteiger partial charge >= 0.3 is 0 Å². The van der Waals surface area contributed by atoms with Crippen LogP contribution in [0.15, 0.2) is 18.2 Å². The van der Waals surface area contributed by atoms with E-state index in [4.69, 9.17) is 11.6 Å². The molecular weight excluding hydrogens is 390 g/mol. The summed E-state index contributed by atoms with van der Waals surface area (Å²) in [5, 5.41) is 16.6. The third-order valence-electron chi connectivity index (χ3n) is 4.68. The minimum absolute atomic E-state index is 0.0372. The molecule has 0 radical (unpaired) electrons. The maximum atomic E-state index is 12.5. The number of nitrogens with one attached hydrogen (secondary N) is 2. The summed E-state index contributed by atoms with van der Waals surface area (Å²) < 4.78 is 0. The van der Waals surface area contributed by atoms with E-state index in [1.807, 2.05) is 6.26 Å². The molecule has 0 heterocycles. The summed E-state index contributed by atoms with van der Waals surface area (Å²) in [7, 11) is 0. The second-order valence-corrected chi connectivity index (χ2v) is 8.02. The highest BCUT2D eigenvalue weighted by molar-refractivity contribution is 7.98. The van der Waals surface area contributed by atoms with Gasteiger partial charge in [0.05, 0.1) is 4.92 Å². The largest absolute Gasteiger partial charge is 0.354 e. The zero-order valence-corrected chi connectivity index (χ0v) is 16.8. The van der Waals surface area contributed by atoms with E-state index in [0.29, 0.717) is 24.6 Å². The van der Waals surface area contributed by atoms with Crippen molar-refractivity contribution in [2.24, 2.45) is 5.92 Å². The van der Waals surface area contributed by atoms with Gasteiger partial charge in [0.25, 0.3) is 11.6 Å². The Hall–Kier alpha value is -1.80. The Balaban J connectivity index is 2.03. The summed E-state index contributed by atoms with van der Waals surface area (Å²) in [5.41, 5.74) is -0.237. The number of carbonyl (C=O) groups is 2. The summed E-state index contributed by atoms with van der Waals surface area (Å²) in [4.78, 5) is 35.4. The van der Waals surface area contributed by atoms with E-state index >= 15 is 0 Å². The van der Waals surface area contributed by atoms with Crippen LogP contribution in [0.1, 0.15) is 42.5 Å². The number of nitro benzene ring substituents is 1. The van der Waals surface area contributed by atoms with Crippen molar-refractivity contribution in [2.75, 3.05) is 18.6 Å². The van der Waals surface area contributed by atoms with Gasteiger partial charge in [0.1, 0.15) is 11.1 Å². The molecule has 27 heavy (non-hydrogen) atoms. The quantitative estimate of drug-likeness (QED) is 0.477. The summed E-state index contributed by atoms with van der Waals surface area (Å²) in [5.74, 6) is 0.470. The Kier molecular flexibility index (Phi) is 8.37. The number of amides is 2. The smallest absolute Gasteiger partial charge is 0.288 e. The number of rotatable bonds is 9. The van der Waals surface area contributed by atoms with Crippen LogP contribution in [0, 0.1) is 16.0 Å². The van der Waals surface area contributed by atoms with Gasteiger partial charge in [-0.1, -0.05) is 24.4 Å². The number of nitrogens with zero attached hydrogens (tertiary/aromatic N) is 1. The monoisotopic (exact) mass is 413 g/mol. The molecule has 1 aliphatic carbocycles. The molecule has 148 valence electrons. The van der Waals surface area contributed by atoms with Gasteiger partial charge in [-0.05, 0) is 49.3 Å². The molecule has 0 saturated heterocycles. The van der Waals surface area contributed by atoms with E-state index < -0.39 is 16.9 Å². The van der Waals surface area contributed by atoms with Crippen molar-refractivity contribution in [1.29, 1.82) is 0 Å². The first-order valence-corrected chi connectivity index (χ1v) is 10.7. The zero-order chi connectivity index (χ0) is 19.8. The van der Waals surface area contributed by atoms with Gasteiger partial charge in [-0.3, -0.25) is 19.7 Å². The van der Waals surface area contributed by atoms with Gasteiger partial charge in [-0.25, -0.2) is 0 Å². The highest BCUT2D eigenvalue weighted by Gasteiger charge is 2.24. The van der Waals surface area contributed by atoms with Crippen LogP contribution >= 0.6 is 23.4 Å². The maximum absolute atomic E-state index is 12.5. The molecule has 1 unspecified atom stereocenters. The van der Waals surface area contributed by atoms with Crippen molar-refractivity contribution in [3.05, 3.63) is 38.9 Å². The van der Waals surface area contributed by atoms with Crippen molar-refractivity contribution in [3.63, 3.8) is 0 Å². The minimum Gasteiger partial charge on any atom is -0.354 e. The predicted octanol–water partition coefficient (Wildman–Crippen LogP) is 3.41. The van der Waals surface area contributed by atoms with E-state index in [1.54, 1.807) is 11.8 Å². The molecule has 1 atom stereocenters. The number of carbonyl (C=O) groups excluding carboxylic acids is 2. The van der Waals surface area contributed by atoms with Crippen LogP contribution in [-0.4, -0.2) is 41.3 Å². The lowest BCUT2D eigenvalue weighted by Gasteiger charge is -2.19. The van der Waals surface area contributed by atoms with Crippen LogP contribution in [0.5, 0.6) is 0 Å². The molecule has 0 spiro atoms. The second-order valence-electron chi connectivity index (χ2n) is 6.63. The van der Waals surface area contributed by atoms with E-state index in [9.17, 15) is 19.7 Å².